The molecule has 0 spiro atoms. The highest BCUT2D eigenvalue weighted by atomic mass is 16.5. The second-order valence-electron chi connectivity index (χ2n) is 6.02. The maximum atomic E-state index is 12.2. The zero-order valence-electron chi connectivity index (χ0n) is 15.7. The van der Waals surface area contributed by atoms with Gasteiger partial charge < -0.3 is 19.2 Å². The van der Waals surface area contributed by atoms with E-state index in [2.05, 4.69) is 10.4 Å². The van der Waals surface area contributed by atoms with Gasteiger partial charge in [0, 0.05) is 24.8 Å². The van der Waals surface area contributed by atoms with E-state index in [1.165, 1.54) is 0 Å². The van der Waals surface area contributed by atoms with Crippen molar-refractivity contribution in [1.29, 1.82) is 0 Å². The fourth-order valence-electron chi connectivity index (χ4n) is 2.51. The van der Waals surface area contributed by atoms with Crippen LogP contribution in [0.1, 0.15) is 34.5 Å². The van der Waals surface area contributed by atoms with Crippen LogP contribution in [0, 0.1) is 6.92 Å². The number of hydrogen-bond acceptors (Lipinski definition) is 5. The van der Waals surface area contributed by atoms with E-state index >= 15 is 0 Å². The quantitative estimate of drug-likeness (QED) is 0.659. The maximum Gasteiger partial charge on any atom is 0.287 e. The van der Waals surface area contributed by atoms with Crippen molar-refractivity contribution in [2.24, 2.45) is 7.05 Å². The first kappa shape index (κ1) is 18.6. The van der Waals surface area contributed by atoms with Crippen molar-refractivity contribution < 1.29 is 18.7 Å². The number of amides is 1. The number of carbonyl (C=O) groups is 1. The summed E-state index contributed by atoms with van der Waals surface area (Å²) in [5.74, 6) is 2.05. The first-order chi connectivity index (χ1) is 13.1. The van der Waals surface area contributed by atoms with Gasteiger partial charge in [-0.25, -0.2) is 0 Å². The molecule has 3 aromatic rings. The fraction of sp³-hybridized carbons (Fsp3) is 0.300. The molecule has 1 aromatic carbocycles. The molecule has 0 atom stereocenters. The lowest BCUT2D eigenvalue weighted by Gasteiger charge is -2.06. The number of benzene rings is 1. The molecule has 3 rings (SSSR count). The van der Waals surface area contributed by atoms with Crippen molar-refractivity contribution in [1.82, 2.24) is 15.1 Å². The lowest BCUT2D eigenvalue weighted by Crippen LogP contribution is -2.22. The predicted molar refractivity (Wildman–Crippen MR) is 99.8 cm³/mol. The van der Waals surface area contributed by atoms with Crippen molar-refractivity contribution in [3.8, 4) is 11.5 Å². The first-order valence-corrected chi connectivity index (χ1v) is 8.77. The van der Waals surface area contributed by atoms with Crippen LogP contribution in [0.2, 0.25) is 0 Å². The molecule has 0 aliphatic rings. The first-order valence-electron chi connectivity index (χ1n) is 8.77. The van der Waals surface area contributed by atoms with Crippen LogP contribution in [0.25, 0.3) is 0 Å². The van der Waals surface area contributed by atoms with Crippen LogP contribution in [0.5, 0.6) is 11.5 Å². The molecule has 7 nitrogen and oxygen atoms in total. The zero-order chi connectivity index (χ0) is 19.2. The van der Waals surface area contributed by atoms with Crippen molar-refractivity contribution in [3.05, 3.63) is 65.4 Å². The van der Waals surface area contributed by atoms with Gasteiger partial charge in [-0.3, -0.25) is 9.48 Å². The zero-order valence-corrected chi connectivity index (χ0v) is 15.7. The molecule has 2 heterocycles. The Morgan fingerprint density at radius 2 is 1.85 bits per heavy atom. The second kappa shape index (κ2) is 8.44. The standard InChI is InChI=1S/C20H23N3O4/c1-4-25-16-5-7-17(8-6-16)26-13-18-9-10-19(27-18)20(24)21-11-15-12-22-23(3)14(15)2/h5-10,12H,4,11,13H2,1-3H3,(H,21,24). The van der Waals surface area contributed by atoms with E-state index in [0.717, 1.165) is 17.0 Å². The average Bonchev–Trinajstić information content (AvgIpc) is 3.27. The van der Waals surface area contributed by atoms with Gasteiger partial charge >= 0.3 is 0 Å². The minimum atomic E-state index is -0.273. The van der Waals surface area contributed by atoms with E-state index in [1.807, 2.05) is 45.2 Å². The molecule has 0 bridgehead atoms. The molecule has 2 aromatic heterocycles. The van der Waals surface area contributed by atoms with Gasteiger partial charge in [-0.05, 0) is 50.2 Å². The molecule has 142 valence electrons. The van der Waals surface area contributed by atoms with Crippen LogP contribution in [0.3, 0.4) is 0 Å². The van der Waals surface area contributed by atoms with E-state index in [-0.39, 0.29) is 18.3 Å². The summed E-state index contributed by atoms with van der Waals surface area (Å²) in [4.78, 5) is 12.2. The van der Waals surface area contributed by atoms with Gasteiger partial charge in [0.25, 0.3) is 5.91 Å². The fourth-order valence-corrected chi connectivity index (χ4v) is 2.51. The van der Waals surface area contributed by atoms with Gasteiger partial charge in [-0.1, -0.05) is 0 Å². The van der Waals surface area contributed by atoms with Gasteiger partial charge in [-0.2, -0.15) is 5.10 Å². The summed E-state index contributed by atoms with van der Waals surface area (Å²) in [5, 5.41) is 6.99. The third kappa shape index (κ3) is 4.69. The van der Waals surface area contributed by atoms with Crippen molar-refractivity contribution >= 4 is 5.91 Å². The second-order valence-corrected chi connectivity index (χ2v) is 6.02. The Kier molecular flexibility index (Phi) is 5.80. The van der Waals surface area contributed by atoms with Gasteiger partial charge in [0.2, 0.25) is 0 Å². The van der Waals surface area contributed by atoms with Gasteiger partial charge in [-0.15, -0.1) is 0 Å². The molecule has 0 unspecified atom stereocenters. The summed E-state index contributed by atoms with van der Waals surface area (Å²) >= 11 is 0. The summed E-state index contributed by atoms with van der Waals surface area (Å²) in [5.41, 5.74) is 1.98. The molecule has 1 amide bonds. The smallest absolute Gasteiger partial charge is 0.287 e. The van der Waals surface area contributed by atoms with Crippen LogP contribution in [-0.2, 0) is 20.2 Å². The summed E-state index contributed by atoms with van der Waals surface area (Å²) in [6.07, 6.45) is 1.74. The van der Waals surface area contributed by atoms with Crippen LogP contribution in [0.15, 0.2) is 47.0 Å². The van der Waals surface area contributed by atoms with E-state index in [0.29, 0.717) is 24.7 Å². The molecule has 0 fully saturated rings. The highest BCUT2D eigenvalue weighted by molar-refractivity contribution is 5.91. The maximum absolute atomic E-state index is 12.2. The van der Waals surface area contributed by atoms with E-state index < -0.39 is 0 Å². The molecular formula is C20H23N3O4. The average molecular weight is 369 g/mol. The molecule has 0 saturated heterocycles. The number of furan rings is 1. The Morgan fingerprint density at radius 1 is 1.15 bits per heavy atom. The minimum absolute atomic E-state index is 0.239. The third-order valence-corrected chi connectivity index (χ3v) is 4.18. The number of aromatic nitrogens is 2. The highest BCUT2D eigenvalue weighted by Gasteiger charge is 2.13. The molecule has 1 N–H and O–H groups in total. The lowest BCUT2D eigenvalue weighted by atomic mass is 10.2. The van der Waals surface area contributed by atoms with Crippen molar-refractivity contribution in [2.45, 2.75) is 27.0 Å². The van der Waals surface area contributed by atoms with Crippen LogP contribution in [-0.4, -0.2) is 22.3 Å². The van der Waals surface area contributed by atoms with E-state index in [4.69, 9.17) is 13.9 Å². The number of nitrogens with one attached hydrogen (secondary N) is 1. The largest absolute Gasteiger partial charge is 0.494 e. The van der Waals surface area contributed by atoms with Gasteiger partial charge in [0.1, 0.15) is 23.9 Å². The normalized spacial score (nSPS) is 10.6. The van der Waals surface area contributed by atoms with Crippen molar-refractivity contribution in [2.75, 3.05) is 6.61 Å². The Labute approximate surface area is 157 Å². The van der Waals surface area contributed by atoms with E-state index in [1.54, 1.807) is 23.0 Å². The lowest BCUT2D eigenvalue weighted by molar-refractivity contribution is 0.0919. The predicted octanol–water partition coefficient (Wildman–Crippen LogP) is 3.23. The number of ether oxygens (including phenoxy) is 2. The van der Waals surface area contributed by atoms with Gasteiger partial charge in [0.15, 0.2) is 5.76 Å². The van der Waals surface area contributed by atoms with Gasteiger partial charge in [0.05, 0.1) is 12.8 Å². The number of hydrogen-bond donors (Lipinski definition) is 1. The summed E-state index contributed by atoms with van der Waals surface area (Å²) < 4.78 is 18.4. The minimum Gasteiger partial charge on any atom is -0.494 e. The molecule has 0 radical (unpaired) electrons. The highest BCUT2D eigenvalue weighted by Crippen LogP contribution is 2.19. The van der Waals surface area contributed by atoms with Crippen LogP contribution < -0.4 is 14.8 Å². The summed E-state index contributed by atoms with van der Waals surface area (Å²) in [7, 11) is 1.86. The van der Waals surface area contributed by atoms with Crippen molar-refractivity contribution in [3.63, 3.8) is 0 Å². The SMILES string of the molecule is CCOc1ccc(OCc2ccc(C(=O)NCc3cnn(C)c3C)o2)cc1. The van der Waals surface area contributed by atoms with Crippen LogP contribution >= 0.6 is 0 Å². The molecule has 0 saturated carbocycles. The Hall–Kier alpha value is -3.22. The Bertz CT molecular complexity index is 896. The summed E-state index contributed by atoms with van der Waals surface area (Å²) in [6.45, 7) is 5.16. The van der Waals surface area contributed by atoms with E-state index in [9.17, 15) is 4.79 Å². The topological polar surface area (TPSA) is 78.5 Å². The molecule has 0 aliphatic heterocycles. The Morgan fingerprint density at radius 3 is 2.48 bits per heavy atom. The number of rotatable bonds is 8. The van der Waals surface area contributed by atoms with Crippen LogP contribution in [0.4, 0.5) is 0 Å². The molecular weight excluding hydrogens is 346 g/mol. The number of nitrogens with zero attached hydrogens (tertiary/aromatic N) is 2. The summed E-state index contributed by atoms with van der Waals surface area (Å²) in [6, 6.07) is 10.7. The monoisotopic (exact) mass is 369 g/mol. The Balaban J connectivity index is 1.51. The number of aryl methyl sites for hydroxylation is 1. The molecule has 0 aliphatic carbocycles. The number of carbonyl (C=O) groups excluding carboxylic acids is 1. The third-order valence-electron chi connectivity index (χ3n) is 4.18. The molecule has 27 heavy (non-hydrogen) atoms. The molecule has 7 heteroatoms.